The summed E-state index contributed by atoms with van der Waals surface area (Å²) >= 11 is 0. The van der Waals surface area contributed by atoms with Gasteiger partial charge in [-0.2, -0.15) is 8.61 Å². The molecule has 11 heteroatoms. The van der Waals surface area contributed by atoms with Crippen molar-refractivity contribution in [3.05, 3.63) is 84.9 Å². The number of hydrogen-bond acceptors (Lipinski definition) is 6. The lowest BCUT2D eigenvalue weighted by atomic mass is 10.2. The summed E-state index contributed by atoms with van der Waals surface area (Å²) in [5.41, 5.74) is 0.398. The molecule has 1 saturated heterocycles. The fourth-order valence-corrected chi connectivity index (χ4v) is 6.91. The number of sulfonamides is 2. The van der Waals surface area contributed by atoms with Gasteiger partial charge in [-0.25, -0.2) is 16.8 Å². The summed E-state index contributed by atoms with van der Waals surface area (Å²) in [5.74, 6) is -0.140. The SMILES string of the molecule is COc1cccc(NC(=O)[C@H]2CN(S(=O)(=O)c3ccccc3)CCN2S(=O)(=O)c2ccccc2)c1. The second kappa shape index (κ2) is 10.2. The number of rotatable bonds is 7. The first-order valence-corrected chi connectivity index (χ1v) is 13.7. The fraction of sp³-hybridized carbons (Fsp3) is 0.208. The maximum absolute atomic E-state index is 13.4. The van der Waals surface area contributed by atoms with Crippen LogP contribution in [0.3, 0.4) is 0 Å². The second-order valence-corrected chi connectivity index (χ2v) is 11.7. The number of hydrogen-bond donors (Lipinski definition) is 1. The van der Waals surface area contributed by atoms with Gasteiger partial charge < -0.3 is 10.1 Å². The molecule has 9 nitrogen and oxygen atoms in total. The van der Waals surface area contributed by atoms with E-state index in [2.05, 4.69) is 5.32 Å². The average Bonchev–Trinajstić information content (AvgIpc) is 2.89. The molecule has 0 bridgehead atoms. The van der Waals surface area contributed by atoms with Gasteiger partial charge in [0.15, 0.2) is 0 Å². The Balaban J connectivity index is 1.68. The molecule has 1 amide bonds. The van der Waals surface area contributed by atoms with Crippen LogP contribution in [0.4, 0.5) is 5.69 Å². The van der Waals surface area contributed by atoms with E-state index in [9.17, 15) is 21.6 Å². The second-order valence-electron chi connectivity index (χ2n) is 7.84. The molecular weight excluding hydrogens is 490 g/mol. The van der Waals surface area contributed by atoms with Crippen molar-refractivity contribution in [2.45, 2.75) is 15.8 Å². The Labute approximate surface area is 205 Å². The third kappa shape index (κ3) is 5.22. The molecule has 1 aliphatic heterocycles. The molecule has 1 aliphatic rings. The Morgan fingerprint density at radius 2 is 1.43 bits per heavy atom. The van der Waals surface area contributed by atoms with Gasteiger partial charge in [-0.1, -0.05) is 42.5 Å². The highest BCUT2D eigenvalue weighted by Gasteiger charge is 2.43. The predicted octanol–water partition coefficient (Wildman–Crippen LogP) is 2.40. The van der Waals surface area contributed by atoms with Crippen LogP contribution in [0.15, 0.2) is 94.7 Å². The third-order valence-electron chi connectivity index (χ3n) is 5.66. The number of piperazine rings is 1. The van der Waals surface area contributed by atoms with E-state index in [4.69, 9.17) is 4.74 Å². The summed E-state index contributed by atoms with van der Waals surface area (Å²) < 4.78 is 60.7. The first kappa shape index (κ1) is 24.9. The zero-order valence-electron chi connectivity index (χ0n) is 18.9. The van der Waals surface area contributed by atoms with Gasteiger partial charge in [0.25, 0.3) is 0 Å². The number of carbonyl (C=O) groups is 1. The molecule has 1 fully saturated rings. The largest absolute Gasteiger partial charge is 0.497 e. The van der Waals surface area contributed by atoms with Crippen molar-refractivity contribution in [2.75, 3.05) is 32.1 Å². The van der Waals surface area contributed by atoms with Crippen LogP contribution >= 0.6 is 0 Å². The first-order valence-electron chi connectivity index (χ1n) is 10.8. The van der Waals surface area contributed by atoms with Crippen molar-refractivity contribution < 1.29 is 26.4 Å². The Morgan fingerprint density at radius 1 is 0.829 bits per heavy atom. The van der Waals surface area contributed by atoms with Gasteiger partial charge in [-0.15, -0.1) is 0 Å². The molecule has 0 radical (unpaired) electrons. The van der Waals surface area contributed by atoms with Crippen LogP contribution in [0.25, 0.3) is 0 Å². The maximum Gasteiger partial charge on any atom is 0.244 e. The van der Waals surface area contributed by atoms with Crippen molar-refractivity contribution in [2.24, 2.45) is 0 Å². The number of carbonyl (C=O) groups excluding carboxylic acids is 1. The van der Waals surface area contributed by atoms with E-state index < -0.39 is 32.0 Å². The molecule has 4 rings (SSSR count). The van der Waals surface area contributed by atoms with E-state index in [1.807, 2.05) is 0 Å². The topological polar surface area (TPSA) is 113 Å². The van der Waals surface area contributed by atoms with Crippen LogP contribution in [0.5, 0.6) is 5.75 Å². The number of anilines is 1. The van der Waals surface area contributed by atoms with Crippen molar-refractivity contribution in [1.29, 1.82) is 0 Å². The minimum absolute atomic E-state index is 0.0264. The average molecular weight is 516 g/mol. The van der Waals surface area contributed by atoms with Crippen LogP contribution in [-0.4, -0.2) is 64.1 Å². The van der Waals surface area contributed by atoms with Gasteiger partial charge in [0.2, 0.25) is 26.0 Å². The first-order chi connectivity index (χ1) is 16.7. The van der Waals surface area contributed by atoms with Crippen molar-refractivity contribution in [1.82, 2.24) is 8.61 Å². The van der Waals surface area contributed by atoms with E-state index in [0.29, 0.717) is 11.4 Å². The van der Waals surface area contributed by atoms with Crippen LogP contribution in [0.2, 0.25) is 0 Å². The monoisotopic (exact) mass is 515 g/mol. The number of amides is 1. The van der Waals surface area contributed by atoms with E-state index >= 15 is 0 Å². The van der Waals surface area contributed by atoms with Crippen molar-refractivity contribution >= 4 is 31.6 Å². The summed E-state index contributed by atoms with van der Waals surface area (Å²) in [6.45, 7) is -0.606. The number of methoxy groups -OCH3 is 1. The van der Waals surface area contributed by atoms with Crippen molar-refractivity contribution in [3.8, 4) is 5.75 Å². The van der Waals surface area contributed by atoms with Gasteiger partial charge in [0, 0.05) is 31.4 Å². The Hall–Kier alpha value is -3.25. The smallest absolute Gasteiger partial charge is 0.244 e. The molecule has 184 valence electrons. The Kier molecular flexibility index (Phi) is 7.22. The summed E-state index contributed by atoms with van der Waals surface area (Å²) in [6.07, 6.45) is 0. The lowest BCUT2D eigenvalue weighted by Gasteiger charge is -2.38. The van der Waals surface area contributed by atoms with Gasteiger partial charge >= 0.3 is 0 Å². The number of ether oxygens (including phenoxy) is 1. The fourth-order valence-electron chi connectivity index (χ4n) is 3.86. The zero-order chi connectivity index (χ0) is 25.1. The molecule has 0 aromatic heterocycles. The minimum Gasteiger partial charge on any atom is -0.497 e. The molecule has 0 aliphatic carbocycles. The third-order valence-corrected chi connectivity index (χ3v) is 9.47. The van der Waals surface area contributed by atoms with E-state index in [0.717, 1.165) is 8.61 Å². The quantitative estimate of drug-likeness (QED) is 0.517. The number of nitrogens with one attached hydrogen (secondary N) is 1. The lowest BCUT2D eigenvalue weighted by Crippen LogP contribution is -2.60. The molecule has 0 spiro atoms. The van der Waals surface area contributed by atoms with Crippen LogP contribution < -0.4 is 10.1 Å². The van der Waals surface area contributed by atoms with Crippen LogP contribution in [0, 0.1) is 0 Å². The van der Waals surface area contributed by atoms with E-state index in [-0.39, 0.29) is 29.4 Å². The standard InChI is InChI=1S/C24H25N3O6S2/c1-33-20-10-8-9-19(17-20)25-24(28)23-18-26(34(29,30)21-11-4-2-5-12-21)15-16-27(23)35(31,32)22-13-6-3-7-14-22/h2-14,17,23H,15-16,18H2,1H3,(H,25,28)/t23-/m1/s1. The molecule has 1 atom stereocenters. The normalized spacial score (nSPS) is 17.6. The molecule has 0 unspecified atom stereocenters. The van der Waals surface area contributed by atoms with Gasteiger partial charge in [0.05, 0.1) is 16.9 Å². The molecule has 1 heterocycles. The van der Waals surface area contributed by atoms with Gasteiger partial charge in [-0.3, -0.25) is 4.79 Å². The summed E-state index contributed by atoms with van der Waals surface area (Å²) in [7, 11) is -6.51. The van der Waals surface area contributed by atoms with Crippen molar-refractivity contribution in [3.63, 3.8) is 0 Å². The summed E-state index contributed by atoms with van der Waals surface area (Å²) in [5, 5.41) is 2.71. The molecule has 3 aromatic carbocycles. The molecule has 35 heavy (non-hydrogen) atoms. The number of nitrogens with zero attached hydrogens (tertiary/aromatic N) is 2. The Bertz CT molecular complexity index is 1400. The van der Waals surface area contributed by atoms with E-state index in [1.165, 1.54) is 31.4 Å². The summed E-state index contributed by atoms with van der Waals surface area (Å²) in [6, 6.07) is 20.9. The highest BCUT2D eigenvalue weighted by Crippen LogP contribution is 2.26. The maximum atomic E-state index is 13.4. The van der Waals surface area contributed by atoms with Crippen LogP contribution in [0.1, 0.15) is 0 Å². The van der Waals surface area contributed by atoms with E-state index in [1.54, 1.807) is 60.7 Å². The number of benzene rings is 3. The zero-order valence-corrected chi connectivity index (χ0v) is 20.6. The lowest BCUT2D eigenvalue weighted by molar-refractivity contribution is -0.120. The molecule has 3 aromatic rings. The summed E-state index contributed by atoms with van der Waals surface area (Å²) in [4.78, 5) is 13.5. The molecular formula is C24H25N3O6S2. The van der Waals surface area contributed by atoms with Gasteiger partial charge in [-0.05, 0) is 36.4 Å². The van der Waals surface area contributed by atoms with Crippen LogP contribution in [-0.2, 0) is 24.8 Å². The highest BCUT2D eigenvalue weighted by atomic mass is 32.2. The van der Waals surface area contributed by atoms with Gasteiger partial charge in [0.1, 0.15) is 11.8 Å². The minimum atomic E-state index is -4.07. The molecule has 1 N–H and O–H groups in total. The Morgan fingerprint density at radius 3 is 2.03 bits per heavy atom. The molecule has 0 saturated carbocycles. The highest BCUT2D eigenvalue weighted by molar-refractivity contribution is 7.89. The predicted molar refractivity (Wildman–Crippen MR) is 131 cm³/mol.